The van der Waals surface area contributed by atoms with Crippen LogP contribution in [0.1, 0.15) is 25.0 Å². The molecule has 3 aromatic heterocycles. The van der Waals surface area contributed by atoms with E-state index in [1.165, 1.54) is 49.5 Å². The third kappa shape index (κ3) is 5.75. The number of hydrogen-bond acceptors (Lipinski definition) is 3. The predicted molar refractivity (Wildman–Crippen MR) is 268 cm³/mol. The molecule has 1 aliphatic carbocycles. The average molecular weight is 832 g/mol. The van der Waals surface area contributed by atoms with E-state index in [0.717, 1.165) is 55.4 Å². The molecule has 0 atom stereocenters. The molecule has 12 aromatic rings. The van der Waals surface area contributed by atoms with Crippen LogP contribution in [0.2, 0.25) is 0 Å². The quantitative estimate of drug-likeness (QED) is 0.168. The fourth-order valence-corrected chi connectivity index (χ4v) is 10.5. The second-order valence-corrected chi connectivity index (χ2v) is 17.6. The van der Waals surface area contributed by atoms with Crippen molar-refractivity contribution in [3.8, 4) is 67.8 Å². The summed E-state index contributed by atoms with van der Waals surface area (Å²) in [5.41, 5.74) is 16.8. The van der Waals surface area contributed by atoms with Crippen LogP contribution in [0.3, 0.4) is 0 Å². The van der Waals surface area contributed by atoms with Crippen molar-refractivity contribution in [2.75, 3.05) is 0 Å². The zero-order valence-corrected chi connectivity index (χ0v) is 35.9. The largest absolute Gasteiger partial charge is 0.309 e. The van der Waals surface area contributed by atoms with Crippen LogP contribution >= 0.6 is 0 Å². The number of aromatic nitrogens is 5. The Morgan fingerprint density at radius 1 is 0.354 bits per heavy atom. The third-order valence-electron chi connectivity index (χ3n) is 13.6. The Balaban J connectivity index is 1.06. The van der Waals surface area contributed by atoms with Gasteiger partial charge in [0.25, 0.3) is 0 Å². The summed E-state index contributed by atoms with van der Waals surface area (Å²) in [6.45, 7) is 4.70. The summed E-state index contributed by atoms with van der Waals surface area (Å²) in [6, 6.07) is 75.9. The summed E-state index contributed by atoms with van der Waals surface area (Å²) in [5, 5.41) is 4.72. The van der Waals surface area contributed by atoms with Gasteiger partial charge in [-0.25, -0.2) is 4.98 Å². The van der Waals surface area contributed by atoms with Crippen molar-refractivity contribution < 1.29 is 0 Å². The van der Waals surface area contributed by atoms with Crippen LogP contribution < -0.4 is 0 Å². The van der Waals surface area contributed by atoms with Crippen LogP contribution in [-0.4, -0.2) is 24.1 Å². The molecule has 0 bridgehead atoms. The Bertz CT molecular complexity index is 3840. The molecule has 0 radical (unpaired) electrons. The van der Waals surface area contributed by atoms with Crippen molar-refractivity contribution in [2.24, 2.45) is 0 Å². The van der Waals surface area contributed by atoms with Gasteiger partial charge in [0, 0.05) is 43.8 Å². The van der Waals surface area contributed by atoms with Crippen LogP contribution in [0, 0.1) is 0 Å². The second-order valence-electron chi connectivity index (χ2n) is 17.6. The minimum Gasteiger partial charge on any atom is -0.309 e. The summed E-state index contributed by atoms with van der Waals surface area (Å²) in [4.78, 5) is 16.4. The summed E-state index contributed by atoms with van der Waals surface area (Å²) in [7, 11) is 0. The molecule has 5 heteroatoms. The Kier molecular flexibility index (Phi) is 8.18. The van der Waals surface area contributed by atoms with E-state index in [1.54, 1.807) is 0 Å². The molecule has 0 N–H and O–H groups in total. The van der Waals surface area contributed by atoms with Gasteiger partial charge in [0.05, 0.1) is 22.1 Å². The first-order valence-electron chi connectivity index (χ1n) is 22.3. The number of hydrogen-bond donors (Lipinski definition) is 0. The van der Waals surface area contributed by atoms with E-state index in [1.807, 2.05) is 0 Å². The lowest BCUT2D eigenvalue weighted by Crippen LogP contribution is -2.17. The first kappa shape index (κ1) is 37.2. The van der Waals surface area contributed by atoms with E-state index in [2.05, 4.69) is 235 Å². The van der Waals surface area contributed by atoms with Gasteiger partial charge in [0.2, 0.25) is 5.95 Å². The third-order valence-corrected chi connectivity index (χ3v) is 13.6. The molecule has 5 nitrogen and oxygen atoms in total. The van der Waals surface area contributed by atoms with Crippen molar-refractivity contribution in [3.63, 3.8) is 0 Å². The van der Waals surface area contributed by atoms with Crippen molar-refractivity contribution in [3.05, 3.63) is 223 Å². The smallest absolute Gasteiger partial charge is 0.238 e. The summed E-state index contributed by atoms with van der Waals surface area (Å²) < 4.78 is 4.65. The van der Waals surface area contributed by atoms with Gasteiger partial charge >= 0.3 is 0 Å². The van der Waals surface area contributed by atoms with Gasteiger partial charge in [0.1, 0.15) is 0 Å². The van der Waals surface area contributed by atoms with Crippen LogP contribution in [0.4, 0.5) is 0 Å². The maximum Gasteiger partial charge on any atom is 0.238 e. The monoisotopic (exact) mass is 831 g/mol. The molecule has 0 saturated carbocycles. The standard InChI is InChI=1S/C60H41N5/c1-60(2)51-25-12-9-22-45(51)49-34-35-50-47-24-11-14-27-53(47)65(56(50)55(49)60)59-62-57(42-19-15-18-41(36-42)40-30-28-39(29-31-40)38-16-5-3-6-17-38)61-58(63-59)43-32-33-48-46-23-10-13-26-52(46)64(54(48)37-43)44-20-7-4-8-21-44/h3-37H,1-2H3. The normalized spacial score (nSPS) is 12.9. The number of nitrogens with zero attached hydrogens (tertiary/aromatic N) is 5. The van der Waals surface area contributed by atoms with Gasteiger partial charge in [0.15, 0.2) is 11.6 Å². The first-order valence-corrected chi connectivity index (χ1v) is 22.3. The van der Waals surface area contributed by atoms with Crippen LogP contribution in [0.5, 0.6) is 0 Å². The average Bonchev–Trinajstić information content (AvgIpc) is 3.97. The van der Waals surface area contributed by atoms with Gasteiger partial charge in [-0.15, -0.1) is 0 Å². The number of fused-ring (bicyclic) bond motifs is 10. The van der Waals surface area contributed by atoms with Crippen molar-refractivity contribution in [1.82, 2.24) is 24.1 Å². The van der Waals surface area contributed by atoms with E-state index in [9.17, 15) is 0 Å². The molecule has 9 aromatic carbocycles. The maximum absolute atomic E-state index is 5.51. The molecular formula is C60H41N5. The number of para-hydroxylation sites is 3. The fraction of sp³-hybridized carbons (Fsp3) is 0.0500. The Morgan fingerprint density at radius 2 is 0.877 bits per heavy atom. The van der Waals surface area contributed by atoms with Crippen molar-refractivity contribution in [2.45, 2.75) is 19.3 Å². The van der Waals surface area contributed by atoms with E-state index < -0.39 is 0 Å². The Hall–Kier alpha value is -8.41. The molecule has 1 aliphatic rings. The molecule has 0 unspecified atom stereocenters. The zero-order chi connectivity index (χ0) is 43.2. The molecule has 0 aliphatic heterocycles. The highest BCUT2D eigenvalue weighted by molar-refractivity contribution is 6.13. The van der Waals surface area contributed by atoms with Crippen molar-refractivity contribution >= 4 is 43.6 Å². The molecule has 0 spiro atoms. The van der Waals surface area contributed by atoms with Crippen LogP contribution in [0.25, 0.3) is 111 Å². The number of rotatable bonds is 6. The van der Waals surface area contributed by atoms with Crippen LogP contribution in [-0.2, 0) is 5.41 Å². The molecular weight excluding hydrogens is 791 g/mol. The van der Waals surface area contributed by atoms with E-state index in [4.69, 9.17) is 15.0 Å². The topological polar surface area (TPSA) is 48.5 Å². The summed E-state index contributed by atoms with van der Waals surface area (Å²) in [5.74, 6) is 1.80. The SMILES string of the molecule is CC1(C)c2ccccc2-c2ccc3c4ccccc4n(-c4nc(-c5cccc(-c6ccc(-c7ccccc7)cc6)c5)nc(-c5ccc6c7ccccc7n(-c7ccccc7)c6c5)n4)c3c21. The van der Waals surface area contributed by atoms with Gasteiger partial charge < -0.3 is 4.57 Å². The van der Waals surface area contributed by atoms with Crippen molar-refractivity contribution in [1.29, 1.82) is 0 Å². The van der Waals surface area contributed by atoms with Gasteiger partial charge in [-0.3, -0.25) is 4.57 Å². The predicted octanol–water partition coefficient (Wildman–Crippen LogP) is 15.0. The molecule has 0 amide bonds. The van der Waals surface area contributed by atoms with E-state index in [-0.39, 0.29) is 5.41 Å². The zero-order valence-electron chi connectivity index (χ0n) is 35.9. The van der Waals surface area contributed by atoms with Gasteiger partial charge in [-0.1, -0.05) is 190 Å². The highest BCUT2D eigenvalue weighted by Crippen LogP contribution is 2.53. The Labute approximate surface area is 376 Å². The first-order chi connectivity index (χ1) is 32.0. The number of benzene rings is 9. The van der Waals surface area contributed by atoms with Crippen LogP contribution in [0.15, 0.2) is 212 Å². The lowest BCUT2D eigenvalue weighted by molar-refractivity contribution is 0.663. The molecule has 306 valence electrons. The maximum atomic E-state index is 5.51. The van der Waals surface area contributed by atoms with E-state index >= 15 is 0 Å². The molecule has 65 heavy (non-hydrogen) atoms. The molecule has 13 rings (SSSR count). The minimum atomic E-state index is -0.267. The fourth-order valence-electron chi connectivity index (χ4n) is 10.5. The lowest BCUT2D eigenvalue weighted by Gasteiger charge is -2.23. The van der Waals surface area contributed by atoms with Gasteiger partial charge in [-0.05, 0) is 80.9 Å². The molecule has 0 saturated heterocycles. The Morgan fingerprint density at radius 3 is 1.63 bits per heavy atom. The van der Waals surface area contributed by atoms with Gasteiger partial charge in [-0.2, -0.15) is 9.97 Å². The molecule has 0 fully saturated rings. The lowest BCUT2D eigenvalue weighted by atomic mass is 9.81. The molecule has 3 heterocycles. The summed E-state index contributed by atoms with van der Waals surface area (Å²) in [6.07, 6.45) is 0. The highest BCUT2D eigenvalue weighted by Gasteiger charge is 2.38. The highest BCUT2D eigenvalue weighted by atomic mass is 15.2. The second kappa shape index (κ2) is 14.3. The van der Waals surface area contributed by atoms with E-state index in [0.29, 0.717) is 17.6 Å². The summed E-state index contributed by atoms with van der Waals surface area (Å²) >= 11 is 0. The minimum absolute atomic E-state index is 0.267.